The zero-order chi connectivity index (χ0) is 19.4. The molecule has 0 spiro atoms. The second-order valence-electron chi connectivity index (χ2n) is 5.53. The van der Waals surface area contributed by atoms with E-state index in [0.717, 1.165) is 10.9 Å². The Bertz CT molecular complexity index is 913. The number of esters is 1. The van der Waals surface area contributed by atoms with Gasteiger partial charge in [-0.2, -0.15) is 0 Å². The summed E-state index contributed by atoms with van der Waals surface area (Å²) in [5.41, 5.74) is -0.602. The molecule has 0 radical (unpaired) electrons. The topological polar surface area (TPSA) is 124 Å². The van der Waals surface area contributed by atoms with E-state index in [1.807, 2.05) is 0 Å². The standard InChI is InChI=1S/C16H20N4O6/c1-5-25-16(24)12-9(2)26-14-13(12)15(23)20(8-18-14)7-11(22)19(4)6-10(21)17-3/h8H,5-7H2,1-4H3,(H,17,21). The number of amides is 2. The lowest BCUT2D eigenvalue weighted by Crippen LogP contribution is -2.40. The molecule has 26 heavy (non-hydrogen) atoms. The van der Waals surface area contributed by atoms with Gasteiger partial charge in [-0.3, -0.25) is 19.0 Å². The molecule has 0 aliphatic heterocycles. The first kappa shape index (κ1) is 19.2. The Morgan fingerprint density at radius 3 is 2.69 bits per heavy atom. The molecule has 0 aliphatic rings. The highest BCUT2D eigenvalue weighted by atomic mass is 16.5. The predicted octanol–water partition coefficient (Wildman–Crippen LogP) is -0.321. The quantitative estimate of drug-likeness (QED) is 0.697. The predicted molar refractivity (Wildman–Crippen MR) is 90.7 cm³/mol. The molecule has 2 aromatic heterocycles. The fourth-order valence-electron chi connectivity index (χ4n) is 2.35. The van der Waals surface area contributed by atoms with Crippen LogP contribution in [-0.4, -0.2) is 59.5 Å². The summed E-state index contributed by atoms with van der Waals surface area (Å²) in [6.45, 7) is 2.84. The average molecular weight is 364 g/mol. The van der Waals surface area contributed by atoms with Crippen LogP contribution in [-0.2, 0) is 20.9 Å². The highest BCUT2D eigenvalue weighted by Crippen LogP contribution is 2.21. The number of nitrogens with one attached hydrogen (secondary N) is 1. The molecule has 2 aromatic rings. The van der Waals surface area contributed by atoms with E-state index in [1.54, 1.807) is 6.92 Å². The first-order valence-electron chi connectivity index (χ1n) is 7.90. The van der Waals surface area contributed by atoms with E-state index in [9.17, 15) is 19.2 Å². The van der Waals surface area contributed by atoms with E-state index in [-0.39, 0.29) is 48.0 Å². The number of aromatic nitrogens is 2. The SMILES string of the molecule is CCOC(=O)c1c(C)oc2ncn(CC(=O)N(C)CC(=O)NC)c(=O)c12. The first-order chi connectivity index (χ1) is 12.3. The van der Waals surface area contributed by atoms with Gasteiger partial charge >= 0.3 is 5.97 Å². The van der Waals surface area contributed by atoms with Crippen molar-refractivity contribution in [2.24, 2.45) is 0 Å². The number of hydrogen-bond acceptors (Lipinski definition) is 7. The second-order valence-corrected chi connectivity index (χ2v) is 5.53. The zero-order valence-electron chi connectivity index (χ0n) is 15.0. The van der Waals surface area contributed by atoms with Gasteiger partial charge in [0, 0.05) is 14.1 Å². The number of likely N-dealkylation sites (N-methyl/N-ethyl adjacent to an activating group) is 2. The summed E-state index contributed by atoms with van der Waals surface area (Å²) < 4.78 is 11.4. The van der Waals surface area contributed by atoms with Gasteiger partial charge < -0.3 is 19.4 Å². The molecule has 0 atom stereocenters. The van der Waals surface area contributed by atoms with Gasteiger partial charge in [0.25, 0.3) is 5.56 Å². The number of ether oxygens (including phenoxy) is 1. The van der Waals surface area contributed by atoms with E-state index < -0.39 is 17.4 Å². The van der Waals surface area contributed by atoms with E-state index in [1.165, 1.54) is 25.9 Å². The molecule has 0 saturated carbocycles. The fraction of sp³-hybridized carbons (Fsp3) is 0.438. The zero-order valence-corrected chi connectivity index (χ0v) is 15.0. The Hall–Kier alpha value is -3.17. The summed E-state index contributed by atoms with van der Waals surface area (Å²) in [7, 11) is 2.90. The van der Waals surface area contributed by atoms with Crippen LogP contribution in [0.3, 0.4) is 0 Å². The Morgan fingerprint density at radius 2 is 2.08 bits per heavy atom. The molecule has 10 nitrogen and oxygen atoms in total. The molecule has 0 fully saturated rings. The van der Waals surface area contributed by atoms with Crippen LogP contribution >= 0.6 is 0 Å². The largest absolute Gasteiger partial charge is 0.462 e. The molecule has 0 bridgehead atoms. The van der Waals surface area contributed by atoms with Gasteiger partial charge in [0.1, 0.15) is 29.6 Å². The van der Waals surface area contributed by atoms with Crippen molar-refractivity contribution in [1.82, 2.24) is 19.8 Å². The summed E-state index contributed by atoms with van der Waals surface area (Å²) in [4.78, 5) is 53.6. The molecule has 0 aliphatic carbocycles. The minimum atomic E-state index is -0.691. The number of carbonyl (C=O) groups is 3. The normalized spacial score (nSPS) is 10.6. The van der Waals surface area contributed by atoms with Crippen LogP contribution in [0.1, 0.15) is 23.0 Å². The number of aryl methyl sites for hydroxylation is 1. The average Bonchev–Trinajstić information content (AvgIpc) is 2.94. The van der Waals surface area contributed by atoms with Crippen LogP contribution in [0.5, 0.6) is 0 Å². The third-order valence-corrected chi connectivity index (χ3v) is 3.73. The summed E-state index contributed by atoms with van der Waals surface area (Å²) in [5.74, 6) is -1.28. The summed E-state index contributed by atoms with van der Waals surface area (Å²) in [6.07, 6.45) is 1.16. The molecule has 1 N–H and O–H groups in total. The van der Waals surface area contributed by atoms with Crippen molar-refractivity contribution in [3.05, 3.63) is 28.0 Å². The molecule has 2 rings (SSSR count). The van der Waals surface area contributed by atoms with Gasteiger partial charge in [-0.05, 0) is 13.8 Å². The van der Waals surface area contributed by atoms with Crippen molar-refractivity contribution in [2.75, 3.05) is 27.2 Å². The first-order valence-corrected chi connectivity index (χ1v) is 7.90. The highest BCUT2D eigenvalue weighted by molar-refractivity contribution is 6.03. The molecule has 0 saturated heterocycles. The number of hydrogen-bond donors (Lipinski definition) is 1. The fourth-order valence-corrected chi connectivity index (χ4v) is 2.35. The number of nitrogens with zero attached hydrogens (tertiary/aromatic N) is 3. The lowest BCUT2D eigenvalue weighted by molar-refractivity contribution is -0.135. The van der Waals surface area contributed by atoms with E-state index in [0.29, 0.717) is 0 Å². The van der Waals surface area contributed by atoms with Crippen LogP contribution < -0.4 is 10.9 Å². The number of furan rings is 1. The second kappa shape index (κ2) is 7.81. The van der Waals surface area contributed by atoms with Crippen LogP contribution in [0.2, 0.25) is 0 Å². The third-order valence-electron chi connectivity index (χ3n) is 3.73. The molecular formula is C16H20N4O6. The lowest BCUT2D eigenvalue weighted by Gasteiger charge is -2.16. The van der Waals surface area contributed by atoms with E-state index in [2.05, 4.69) is 10.3 Å². The highest BCUT2D eigenvalue weighted by Gasteiger charge is 2.24. The van der Waals surface area contributed by atoms with Gasteiger partial charge in [0.2, 0.25) is 17.5 Å². The van der Waals surface area contributed by atoms with Crippen LogP contribution in [0, 0.1) is 6.92 Å². The Kier molecular flexibility index (Phi) is 5.75. The van der Waals surface area contributed by atoms with Crippen LogP contribution in [0.15, 0.2) is 15.5 Å². The molecule has 2 heterocycles. The molecule has 0 aromatic carbocycles. The summed E-state index contributed by atoms with van der Waals surface area (Å²) in [6, 6.07) is 0. The van der Waals surface area contributed by atoms with Gasteiger partial charge in [-0.1, -0.05) is 0 Å². The molecule has 10 heteroatoms. The maximum Gasteiger partial charge on any atom is 0.342 e. The number of fused-ring (bicyclic) bond motifs is 1. The van der Waals surface area contributed by atoms with Gasteiger partial charge in [0.05, 0.1) is 13.2 Å². The van der Waals surface area contributed by atoms with Crippen molar-refractivity contribution in [3.63, 3.8) is 0 Å². The maximum absolute atomic E-state index is 12.7. The molecule has 2 amide bonds. The molecule has 140 valence electrons. The maximum atomic E-state index is 12.7. The minimum Gasteiger partial charge on any atom is -0.462 e. The number of carbonyl (C=O) groups excluding carboxylic acids is 3. The summed E-state index contributed by atoms with van der Waals surface area (Å²) in [5, 5.41) is 2.37. The third kappa shape index (κ3) is 3.73. The molecule has 0 unspecified atom stereocenters. The van der Waals surface area contributed by atoms with Gasteiger partial charge in [-0.25, -0.2) is 9.78 Å². The van der Waals surface area contributed by atoms with Crippen LogP contribution in [0.25, 0.3) is 11.1 Å². The Morgan fingerprint density at radius 1 is 1.38 bits per heavy atom. The Balaban J connectivity index is 2.38. The van der Waals surface area contributed by atoms with Gasteiger partial charge in [-0.15, -0.1) is 0 Å². The van der Waals surface area contributed by atoms with Crippen LogP contribution in [0.4, 0.5) is 0 Å². The smallest absolute Gasteiger partial charge is 0.342 e. The van der Waals surface area contributed by atoms with Crippen molar-refractivity contribution >= 4 is 28.9 Å². The summed E-state index contributed by atoms with van der Waals surface area (Å²) >= 11 is 0. The number of rotatable bonds is 6. The van der Waals surface area contributed by atoms with Gasteiger partial charge in [0.15, 0.2) is 0 Å². The monoisotopic (exact) mass is 364 g/mol. The van der Waals surface area contributed by atoms with E-state index >= 15 is 0 Å². The van der Waals surface area contributed by atoms with Crippen molar-refractivity contribution < 1.29 is 23.5 Å². The Labute approximate surface area is 148 Å². The van der Waals surface area contributed by atoms with Crippen molar-refractivity contribution in [2.45, 2.75) is 20.4 Å². The lowest BCUT2D eigenvalue weighted by atomic mass is 10.2. The van der Waals surface area contributed by atoms with E-state index in [4.69, 9.17) is 9.15 Å². The minimum absolute atomic E-state index is 0.000126. The molecular weight excluding hydrogens is 344 g/mol. The van der Waals surface area contributed by atoms with Crippen molar-refractivity contribution in [3.8, 4) is 0 Å². The van der Waals surface area contributed by atoms with Crippen molar-refractivity contribution in [1.29, 1.82) is 0 Å².